The van der Waals surface area contributed by atoms with Crippen molar-refractivity contribution in [2.45, 2.75) is 25.0 Å². The third kappa shape index (κ3) is 3.38. The van der Waals surface area contributed by atoms with Crippen molar-refractivity contribution >= 4 is 17.2 Å². The third-order valence-electron chi connectivity index (χ3n) is 4.98. The highest BCUT2D eigenvalue weighted by atomic mass is 32.1. The summed E-state index contributed by atoms with van der Waals surface area (Å²) in [7, 11) is 0. The van der Waals surface area contributed by atoms with Crippen molar-refractivity contribution in [1.82, 2.24) is 10.2 Å². The highest BCUT2D eigenvalue weighted by Gasteiger charge is 2.38. The fourth-order valence-corrected chi connectivity index (χ4v) is 4.52. The van der Waals surface area contributed by atoms with Crippen LogP contribution in [0.4, 0.5) is 0 Å². The summed E-state index contributed by atoms with van der Waals surface area (Å²) >= 11 is 1.88. The van der Waals surface area contributed by atoms with Crippen LogP contribution in [0.15, 0.2) is 42.5 Å². The minimum atomic E-state index is -0.130. The van der Waals surface area contributed by atoms with Crippen molar-refractivity contribution in [3.8, 4) is 10.4 Å². The molecule has 2 aliphatic rings. The van der Waals surface area contributed by atoms with Crippen LogP contribution in [0.1, 0.15) is 17.7 Å². The van der Waals surface area contributed by atoms with Gasteiger partial charge in [-0.25, -0.2) is 0 Å². The van der Waals surface area contributed by atoms with Gasteiger partial charge in [-0.1, -0.05) is 30.3 Å². The molecule has 2 aromatic rings. The van der Waals surface area contributed by atoms with E-state index in [0.717, 1.165) is 32.5 Å². The van der Waals surface area contributed by atoms with E-state index in [1.807, 2.05) is 11.3 Å². The Bertz CT molecular complexity index is 693. The number of carbonyl (C=O) groups is 1. The molecule has 4 rings (SSSR count). The number of nitrogens with one attached hydrogen (secondary N) is 1. The molecule has 4 nitrogen and oxygen atoms in total. The minimum Gasteiger partial charge on any atom is -0.363 e. The number of morpholine rings is 1. The van der Waals surface area contributed by atoms with Gasteiger partial charge in [0, 0.05) is 35.9 Å². The van der Waals surface area contributed by atoms with Crippen LogP contribution in [0.3, 0.4) is 0 Å². The summed E-state index contributed by atoms with van der Waals surface area (Å²) in [5.74, 6) is 0.00933. The van der Waals surface area contributed by atoms with Crippen LogP contribution >= 0.6 is 11.3 Å². The number of rotatable bonds is 3. The average Bonchev–Trinajstić information content (AvgIpc) is 3.09. The lowest BCUT2D eigenvalue weighted by atomic mass is 9.90. The monoisotopic (exact) mass is 342 g/mol. The Balaban J connectivity index is 1.34. The fourth-order valence-electron chi connectivity index (χ4n) is 3.46. The smallest absolute Gasteiger partial charge is 0.246 e. The summed E-state index contributed by atoms with van der Waals surface area (Å²) in [5.41, 5.74) is 1.16. The molecule has 3 heterocycles. The molecule has 0 atom stereocenters. The first-order valence-electron chi connectivity index (χ1n) is 8.50. The molecule has 2 saturated heterocycles. The normalized spacial score (nSPS) is 20.9. The van der Waals surface area contributed by atoms with Crippen LogP contribution in [-0.2, 0) is 16.1 Å². The number of likely N-dealkylation sites (tertiary alicyclic amines) is 1. The standard InChI is InChI=1S/C19H22N2O2S/c22-18-13-23-19(14-20-18)8-10-21(11-9-19)12-16-6-7-17(24-16)15-4-2-1-3-5-15/h1-7H,8-14H2,(H,20,22). The summed E-state index contributed by atoms with van der Waals surface area (Å²) in [4.78, 5) is 16.5. The van der Waals surface area contributed by atoms with E-state index >= 15 is 0 Å². The topological polar surface area (TPSA) is 41.6 Å². The van der Waals surface area contributed by atoms with Gasteiger partial charge in [0.2, 0.25) is 5.91 Å². The lowest BCUT2D eigenvalue weighted by molar-refractivity contribution is -0.150. The lowest BCUT2D eigenvalue weighted by Gasteiger charge is -2.43. The van der Waals surface area contributed by atoms with Crippen molar-refractivity contribution < 1.29 is 9.53 Å². The highest BCUT2D eigenvalue weighted by molar-refractivity contribution is 7.15. The molecule has 5 heteroatoms. The molecule has 1 N–H and O–H groups in total. The van der Waals surface area contributed by atoms with Gasteiger partial charge >= 0.3 is 0 Å². The first kappa shape index (κ1) is 15.8. The van der Waals surface area contributed by atoms with Crippen LogP contribution in [0.2, 0.25) is 0 Å². The van der Waals surface area contributed by atoms with Crippen LogP contribution in [0, 0.1) is 0 Å². The van der Waals surface area contributed by atoms with E-state index in [4.69, 9.17) is 4.74 Å². The van der Waals surface area contributed by atoms with Crippen molar-refractivity contribution in [3.63, 3.8) is 0 Å². The molecule has 1 spiro atoms. The van der Waals surface area contributed by atoms with E-state index in [2.05, 4.69) is 52.7 Å². The second-order valence-electron chi connectivity index (χ2n) is 6.66. The van der Waals surface area contributed by atoms with Crippen molar-refractivity contribution in [2.24, 2.45) is 0 Å². The lowest BCUT2D eigenvalue weighted by Crippen LogP contribution is -2.57. The van der Waals surface area contributed by atoms with Crippen molar-refractivity contribution in [2.75, 3.05) is 26.2 Å². The first-order chi connectivity index (χ1) is 11.7. The quantitative estimate of drug-likeness (QED) is 0.932. The first-order valence-corrected chi connectivity index (χ1v) is 9.31. The predicted molar refractivity (Wildman–Crippen MR) is 96.0 cm³/mol. The maximum Gasteiger partial charge on any atom is 0.246 e. The van der Waals surface area contributed by atoms with E-state index in [1.54, 1.807) is 0 Å². The van der Waals surface area contributed by atoms with Gasteiger partial charge in [-0.3, -0.25) is 9.69 Å². The minimum absolute atomic E-state index is 0.00933. The van der Waals surface area contributed by atoms with E-state index in [0.29, 0.717) is 6.54 Å². The van der Waals surface area contributed by atoms with Gasteiger partial charge in [0.25, 0.3) is 0 Å². The van der Waals surface area contributed by atoms with Crippen LogP contribution in [-0.4, -0.2) is 42.6 Å². The zero-order valence-corrected chi connectivity index (χ0v) is 14.5. The van der Waals surface area contributed by atoms with Gasteiger partial charge in [-0.15, -0.1) is 11.3 Å². The Hall–Kier alpha value is -1.69. The summed E-state index contributed by atoms with van der Waals surface area (Å²) in [5, 5.41) is 2.95. The summed E-state index contributed by atoms with van der Waals surface area (Å²) in [6, 6.07) is 15.0. The van der Waals surface area contributed by atoms with Crippen LogP contribution < -0.4 is 5.32 Å². The Morgan fingerprint density at radius 1 is 1.12 bits per heavy atom. The largest absolute Gasteiger partial charge is 0.363 e. The molecule has 1 amide bonds. The number of hydrogen-bond donors (Lipinski definition) is 1. The number of piperidine rings is 1. The Kier molecular flexibility index (Phi) is 4.39. The van der Waals surface area contributed by atoms with Gasteiger partial charge < -0.3 is 10.1 Å². The number of carbonyl (C=O) groups excluding carboxylic acids is 1. The summed E-state index contributed by atoms with van der Waals surface area (Å²) < 4.78 is 5.84. The van der Waals surface area contributed by atoms with E-state index in [9.17, 15) is 4.79 Å². The Morgan fingerprint density at radius 3 is 2.62 bits per heavy atom. The maximum atomic E-state index is 11.3. The maximum absolute atomic E-state index is 11.3. The number of amides is 1. The molecule has 0 aliphatic carbocycles. The van der Waals surface area contributed by atoms with Gasteiger partial charge in [-0.2, -0.15) is 0 Å². The van der Waals surface area contributed by atoms with E-state index in [-0.39, 0.29) is 18.1 Å². The summed E-state index contributed by atoms with van der Waals surface area (Å²) in [6.45, 7) is 3.92. The van der Waals surface area contributed by atoms with E-state index in [1.165, 1.54) is 15.3 Å². The van der Waals surface area contributed by atoms with Gasteiger partial charge in [-0.05, 0) is 30.5 Å². The molecule has 2 aliphatic heterocycles. The number of benzene rings is 1. The highest BCUT2D eigenvalue weighted by Crippen LogP contribution is 2.31. The molecule has 0 unspecified atom stereocenters. The predicted octanol–water partition coefficient (Wildman–Crippen LogP) is 2.90. The Morgan fingerprint density at radius 2 is 1.92 bits per heavy atom. The number of hydrogen-bond acceptors (Lipinski definition) is 4. The average molecular weight is 342 g/mol. The van der Waals surface area contributed by atoms with E-state index < -0.39 is 0 Å². The van der Waals surface area contributed by atoms with Gasteiger partial charge in [0.1, 0.15) is 6.61 Å². The molecule has 126 valence electrons. The Labute approximate surface area is 146 Å². The molecule has 24 heavy (non-hydrogen) atoms. The molecule has 1 aromatic carbocycles. The molecule has 0 radical (unpaired) electrons. The number of thiophene rings is 1. The van der Waals surface area contributed by atoms with Crippen LogP contribution in [0.5, 0.6) is 0 Å². The zero-order valence-electron chi connectivity index (χ0n) is 13.7. The van der Waals surface area contributed by atoms with Gasteiger partial charge in [0.15, 0.2) is 0 Å². The van der Waals surface area contributed by atoms with Gasteiger partial charge in [0.05, 0.1) is 5.60 Å². The molecule has 0 saturated carbocycles. The zero-order chi connectivity index (χ0) is 16.4. The SMILES string of the molecule is O=C1COC2(CCN(Cc3ccc(-c4ccccc4)s3)CC2)CN1. The fraction of sp³-hybridized carbons (Fsp3) is 0.421. The molecule has 2 fully saturated rings. The molecule has 0 bridgehead atoms. The molecular weight excluding hydrogens is 320 g/mol. The molecular formula is C19H22N2O2S. The summed E-state index contributed by atoms with van der Waals surface area (Å²) in [6.07, 6.45) is 1.98. The molecule has 1 aromatic heterocycles. The van der Waals surface area contributed by atoms with Crippen LogP contribution in [0.25, 0.3) is 10.4 Å². The van der Waals surface area contributed by atoms with Crippen molar-refractivity contribution in [1.29, 1.82) is 0 Å². The number of nitrogens with zero attached hydrogens (tertiary/aromatic N) is 1. The number of ether oxygens (including phenoxy) is 1. The second-order valence-corrected chi connectivity index (χ2v) is 7.82. The van der Waals surface area contributed by atoms with Crippen molar-refractivity contribution in [3.05, 3.63) is 47.3 Å². The second kappa shape index (κ2) is 6.67. The third-order valence-corrected chi connectivity index (χ3v) is 6.10.